The first-order valence-corrected chi connectivity index (χ1v) is 9.20. The zero-order valence-electron chi connectivity index (χ0n) is 15.7. The van der Waals surface area contributed by atoms with Gasteiger partial charge in [0, 0.05) is 12.0 Å². The van der Waals surface area contributed by atoms with Crippen LogP contribution < -0.4 is 5.32 Å². The highest BCUT2D eigenvalue weighted by molar-refractivity contribution is 5.56. The Balaban J connectivity index is 1.65. The number of nitrogens with zero attached hydrogens (tertiary/aromatic N) is 3. The van der Waals surface area contributed by atoms with Crippen molar-refractivity contribution in [2.45, 2.75) is 19.1 Å². The minimum Gasteiger partial charge on any atom is -0.467 e. The molecule has 0 saturated heterocycles. The molecule has 2 aromatic carbocycles. The van der Waals surface area contributed by atoms with Crippen LogP contribution in [0, 0.1) is 0 Å². The van der Waals surface area contributed by atoms with Gasteiger partial charge in [-0.25, -0.2) is 4.98 Å². The van der Waals surface area contributed by atoms with Crippen LogP contribution in [0.1, 0.15) is 22.7 Å². The summed E-state index contributed by atoms with van der Waals surface area (Å²) in [5, 5.41) is 3.08. The lowest BCUT2D eigenvalue weighted by molar-refractivity contribution is -0.137. The molecule has 0 spiro atoms. The van der Waals surface area contributed by atoms with E-state index in [0.29, 0.717) is 35.5 Å². The molecule has 4 aromatic rings. The number of furan rings is 1. The molecule has 152 valence electrons. The summed E-state index contributed by atoms with van der Waals surface area (Å²) < 4.78 is 44.4. The van der Waals surface area contributed by atoms with Gasteiger partial charge in [0.1, 0.15) is 11.6 Å². The van der Waals surface area contributed by atoms with Gasteiger partial charge in [-0.2, -0.15) is 23.1 Å². The summed E-state index contributed by atoms with van der Waals surface area (Å²) >= 11 is 0. The van der Waals surface area contributed by atoms with Crippen molar-refractivity contribution in [1.29, 1.82) is 0 Å². The Hall–Kier alpha value is -3.68. The van der Waals surface area contributed by atoms with Crippen molar-refractivity contribution < 1.29 is 17.6 Å². The van der Waals surface area contributed by atoms with E-state index < -0.39 is 11.7 Å². The average molecular weight is 410 g/mol. The van der Waals surface area contributed by atoms with Gasteiger partial charge in [-0.05, 0) is 23.8 Å². The first-order valence-electron chi connectivity index (χ1n) is 9.20. The van der Waals surface area contributed by atoms with E-state index in [2.05, 4.69) is 20.3 Å². The van der Waals surface area contributed by atoms with Crippen LogP contribution in [-0.2, 0) is 19.1 Å². The fraction of sp³-hybridized carbons (Fsp3) is 0.136. The number of rotatable bonds is 6. The predicted octanol–water partition coefficient (Wildman–Crippen LogP) is 5.35. The van der Waals surface area contributed by atoms with Gasteiger partial charge in [0.25, 0.3) is 0 Å². The van der Waals surface area contributed by atoms with E-state index in [9.17, 15) is 13.2 Å². The van der Waals surface area contributed by atoms with Gasteiger partial charge in [0.05, 0.1) is 18.4 Å². The van der Waals surface area contributed by atoms with Crippen molar-refractivity contribution in [1.82, 2.24) is 15.0 Å². The molecule has 1 N–H and O–H groups in total. The van der Waals surface area contributed by atoms with Crippen molar-refractivity contribution in [3.63, 3.8) is 0 Å². The molecule has 0 saturated carbocycles. The smallest absolute Gasteiger partial charge is 0.416 e. The molecule has 0 amide bonds. The molecule has 4 rings (SSSR count). The second-order valence-electron chi connectivity index (χ2n) is 6.57. The lowest BCUT2D eigenvalue weighted by Crippen LogP contribution is -2.09. The fourth-order valence-corrected chi connectivity index (χ4v) is 2.91. The van der Waals surface area contributed by atoms with Gasteiger partial charge in [-0.15, -0.1) is 0 Å². The number of benzene rings is 2. The van der Waals surface area contributed by atoms with Crippen LogP contribution in [0.25, 0.3) is 11.4 Å². The number of hydrogen-bond donors (Lipinski definition) is 1. The molecule has 0 unspecified atom stereocenters. The molecule has 2 heterocycles. The predicted molar refractivity (Wildman–Crippen MR) is 106 cm³/mol. The molecule has 2 aromatic heterocycles. The Kier molecular flexibility index (Phi) is 5.47. The largest absolute Gasteiger partial charge is 0.467 e. The van der Waals surface area contributed by atoms with Crippen molar-refractivity contribution in [2.24, 2.45) is 0 Å². The summed E-state index contributed by atoms with van der Waals surface area (Å²) in [6, 6.07) is 18.1. The molecule has 0 aliphatic carbocycles. The Morgan fingerprint density at radius 2 is 1.70 bits per heavy atom. The van der Waals surface area contributed by atoms with Gasteiger partial charge in [0.2, 0.25) is 5.95 Å². The van der Waals surface area contributed by atoms with E-state index in [0.717, 1.165) is 17.7 Å². The van der Waals surface area contributed by atoms with Crippen molar-refractivity contribution in [3.8, 4) is 11.4 Å². The quantitative estimate of drug-likeness (QED) is 0.464. The normalized spacial score (nSPS) is 11.4. The molecule has 0 fully saturated rings. The van der Waals surface area contributed by atoms with E-state index in [1.807, 2.05) is 36.4 Å². The molecule has 30 heavy (non-hydrogen) atoms. The van der Waals surface area contributed by atoms with Gasteiger partial charge < -0.3 is 9.73 Å². The van der Waals surface area contributed by atoms with Crippen molar-refractivity contribution >= 4 is 5.95 Å². The second kappa shape index (κ2) is 8.36. The summed E-state index contributed by atoms with van der Waals surface area (Å²) in [7, 11) is 0. The third-order valence-corrected chi connectivity index (χ3v) is 4.33. The number of aromatic nitrogens is 3. The van der Waals surface area contributed by atoms with Gasteiger partial charge >= 0.3 is 6.18 Å². The minimum absolute atomic E-state index is 0.141. The standard InChI is InChI=1S/C22H17F3N4O/c23-22(24,25)17-9-4-6-15(12-17)13-19-27-20(16-7-2-1-3-8-16)29-21(28-19)26-14-18-10-5-11-30-18/h1-12H,13-14H2,(H,26,27,28,29). The number of hydrogen-bond acceptors (Lipinski definition) is 5. The first-order chi connectivity index (χ1) is 14.5. The maximum absolute atomic E-state index is 13.0. The SMILES string of the molecule is FC(F)(F)c1cccc(Cc2nc(NCc3ccco3)nc(-c3ccccc3)n2)c1. The Bertz CT molecular complexity index is 1110. The summed E-state index contributed by atoms with van der Waals surface area (Å²) in [5.74, 6) is 1.83. The third kappa shape index (κ3) is 4.83. The van der Waals surface area contributed by atoms with Crippen molar-refractivity contribution in [3.05, 3.63) is 95.7 Å². The first kappa shape index (κ1) is 19.6. The third-order valence-electron chi connectivity index (χ3n) is 4.33. The molecule has 0 aliphatic heterocycles. The average Bonchev–Trinajstić information content (AvgIpc) is 3.26. The van der Waals surface area contributed by atoms with Crippen LogP contribution in [0.15, 0.2) is 77.4 Å². The number of nitrogens with one attached hydrogen (secondary N) is 1. The van der Waals surface area contributed by atoms with Gasteiger partial charge in [-0.3, -0.25) is 0 Å². The number of halogens is 3. The fourth-order valence-electron chi connectivity index (χ4n) is 2.91. The van der Waals surface area contributed by atoms with E-state index in [-0.39, 0.29) is 6.42 Å². The van der Waals surface area contributed by atoms with Crippen LogP contribution in [-0.4, -0.2) is 15.0 Å². The minimum atomic E-state index is -4.40. The lowest BCUT2D eigenvalue weighted by Gasteiger charge is -2.10. The van der Waals surface area contributed by atoms with E-state index >= 15 is 0 Å². The van der Waals surface area contributed by atoms with Crippen LogP contribution in [0.2, 0.25) is 0 Å². The van der Waals surface area contributed by atoms with Crippen LogP contribution in [0.3, 0.4) is 0 Å². The van der Waals surface area contributed by atoms with Crippen molar-refractivity contribution in [2.75, 3.05) is 5.32 Å². The lowest BCUT2D eigenvalue weighted by atomic mass is 10.1. The Morgan fingerprint density at radius 3 is 2.43 bits per heavy atom. The van der Waals surface area contributed by atoms with Gasteiger partial charge in [-0.1, -0.05) is 48.5 Å². The summed E-state index contributed by atoms with van der Waals surface area (Å²) in [5.41, 5.74) is 0.548. The highest BCUT2D eigenvalue weighted by Crippen LogP contribution is 2.30. The monoisotopic (exact) mass is 410 g/mol. The zero-order valence-corrected chi connectivity index (χ0v) is 15.7. The summed E-state index contributed by atoms with van der Waals surface area (Å²) in [6.07, 6.45) is -2.69. The van der Waals surface area contributed by atoms with Gasteiger partial charge in [0.15, 0.2) is 5.82 Å². The highest BCUT2D eigenvalue weighted by Gasteiger charge is 2.30. The highest BCUT2D eigenvalue weighted by atomic mass is 19.4. The second-order valence-corrected chi connectivity index (χ2v) is 6.57. The molecule has 8 heteroatoms. The van der Waals surface area contributed by atoms with Crippen LogP contribution in [0.5, 0.6) is 0 Å². The zero-order chi connectivity index (χ0) is 21.0. The Labute approximate surface area is 170 Å². The maximum atomic E-state index is 13.0. The van der Waals surface area contributed by atoms with E-state index in [1.54, 1.807) is 18.4 Å². The maximum Gasteiger partial charge on any atom is 0.416 e. The topological polar surface area (TPSA) is 63.8 Å². The molecule has 0 aliphatic rings. The molecule has 0 radical (unpaired) electrons. The summed E-state index contributed by atoms with van der Waals surface area (Å²) in [6.45, 7) is 0.369. The summed E-state index contributed by atoms with van der Waals surface area (Å²) in [4.78, 5) is 13.3. The molecule has 0 atom stereocenters. The Morgan fingerprint density at radius 1 is 0.867 bits per heavy atom. The molecule has 0 bridgehead atoms. The molecular weight excluding hydrogens is 393 g/mol. The molecule has 5 nitrogen and oxygen atoms in total. The van der Waals surface area contributed by atoms with E-state index in [1.165, 1.54) is 6.07 Å². The number of alkyl halides is 3. The van der Waals surface area contributed by atoms with E-state index in [4.69, 9.17) is 4.42 Å². The molecular formula is C22H17F3N4O. The van der Waals surface area contributed by atoms with Crippen LogP contribution >= 0.6 is 0 Å². The van der Waals surface area contributed by atoms with Crippen LogP contribution in [0.4, 0.5) is 19.1 Å². The number of anilines is 1.